The van der Waals surface area contributed by atoms with Gasteiger partial charge in [-0.2, -0.15) is 0 Å². The number of nitrogens with one attached hydrogen (secondary N) is 1. The van der Waals surface area contributed by atoms with E-state index in [0.29, 0.717) is 16.3 Å². The maximum atomic E-state index is 11.9. The van der Waals surface area contributed by atoms with Crippen molar-refractivity contribution in [3.05, 3.63) is 46.6 Å². The van der Waals surface area contributed by atoms with Crippen LogP contribution in [0.3, 0.4) is 0 Å². The number of nitrogens with two attached hydrogens (primary N) is 1. The Balaban J connectivity index is 2.21. The molecular weight excluding hydrogens is 250 g/mol. The monoisotopic (exact) mass is 261 g/mol. The first kappa shape index (κ1) is 12.3. The average Bonchev–Trinajstić information content (AvgIpc) is 2.77. The molecule has 0 saturated carbocycles. The number of thiophene rings is 1. The molecule has 0 unspecified atom stereocenters. The molecule has 0 radical (unpaired) electrons. The predicted octanol–water partition coefficient (Wildman–Crippen LogP) is 1.80. The first-order chi connectivity index (χ1) is 8.58. The third-order valence-corrected chi connectivity index (χ3v) is 3.11. The Bertz CT molecular complexity index is 607. The van der Waals surface area contributed by atoms with E-state index in [-0.39, 0.29) is 5.91 Å². The minimum atomic E-state index is -0.566. The molecule has 92 valence electrons. The molecule has 2 heterocycles. The van der Waals surface area contributed by atoms with Crippen molar-refractivity contribution in [1.82, 2.24) is 4.98 Å². The lowest BCUT2D eigenvalue weighted by atomic mass is 10.3. The van der Waals surface area contributed by atoms with Crippen molar-refractivity contribution in [3.63, 3.8) is 0 Å². The normalized spacial score (nSPS) is 10.1. The van der Waals surface area contributed by atoms with Crippen molar-refractivity contribution >= 4 is 28.2 Å². The van der Waals surface area contributed by atoms with Crippen LogP contribution in [0.4, 0.5) is 5.00 Å². The van der Waals surface area contributed by atoms with E-state index >= 15 is 0 Å². The molecule has 2 rings (SSSR count). The second-order valence-corrected chi connectivity index (χ2v) is 4.56. The minimum Gasteiger partial charge on any atom is -0.366 e. The van der Waals surface area contributed by atoms with E-state index < -0.39 is 5.91 Å². The molecule has 0 aliphatic rings. The van der Waals surface area contributed by atoms with Gasteiger partial charge in [0.2, 0.25) is 0 Å². The number of anilines is 1. The van der Waals surface area contributed by atoms with Crippen LogP contribution in [0.1, 0.15) is 26.5 Å². The fraction of sp³-hybridized carbons (Fsp3) is 0.0833. The summed E-state index contributed by atoms with van der Waals surface area (Å²) in [6.07, 6.45) is 0. The Morgan fingerprint density at radius 2 is 2.11 bits per heavy atom. The van der Waals surface area contributed by atoms with Crippen molar-refractivity contribution in [2.45, 2.75) is 6.92 Å². The minimum absolute atomic E-state index is 0.304. The summed E-state index contributed by atoms with van der Waals surface area (Å²) in [4.78, 5) is 27.1. The van der Waals surface area contributed by atoms with Crippen molar-refractivity contribution < 1.29 is 9.59 Å². The summed E-state index contributed by atoms with van der Waals surface area (Å²) in [5.74, 6) is -0.924. The van der Waals surface area contributed by atoms with Gasteiger partial charge in [-0.15, -0.1) is 11.3 Å². The van der Waals surface area contributed by atoms with Gasteiger partial charge < -0.3 is 11.1 Å². The number of hydrogen-bond acceptors (Lipinski definition) is 4. The van der Waals surface area contributed by atoms with Crippen LogP contribution in [0.2, 0.25) is 0 Å². The quantitative estimate of drug-likeness (QED) is 0.883. The van der Waals surface area contributed by atoms with Crippen LogP contribution in [0.5, 0.6) is 0 Å². The highest BCUT2D eigenvalue weighted by atomic mass is 32.1. The standard InChI is InChI=1S/C12H11N3O2S/c1-7-3-2-4-9(14-7)11(17)15-12-8(10(13)16)5-6-18-12/h2-6H,1H3,(H2,13,16)(H,15,17). The highest BCUT2D eigenvalue weighted by molar-refractivity contribution is 7.14. The third-order valence-electron chi connectivity index (χ3n) is 2.28. The first-order valence-corrected chi connectivity index (χ1v) is 6.08. The van der Waals surface area contributed by atoms with Crippen molar-refractivity contribution in [3.8, 4) is 0 Å². The molecule has 3 N–H and O–H groups in total. The number of aromatic nitrogens is 1. The molecule has 0 spiro atoms. The van der Waals surface area contributed by atoms with E-state index in [4.69, 9.17) is 5.73 Å². The van der Waals surface area contributed by atoms with Gasteiger partial charge in [-0.25, -0.2) is 4.98 Å². The maximum Gasteiger partial charge on any atom is 0.274 e. The Morgan fingerprint density at radius 1 is 1.33 bits per heavy atom. The molecule has 2 aromatic rings. The lowest BCUT2D eigenvalue weighted by Gasteiger charge is -2.04. The first-order valence-electron chi connectivity index (χ1n) is 5.20. The summed E-state index contributed by atoms with van der Waals surface area (Å²) in [6, 6.07) is 6.74. The zero-order valence-corrected chi connectivity index (χ0v) is 10.5. The molecular formula is C12H11N3O2S. The van der Waals surface area contributed by atoms with Gasteiger partial charge in [0.1, 0.15) is 10.7 Å². The van der Waals surface area contributed by atoms with Crippen LogP contribution >= 0.6 is 11.3 Å². The molecule has 5 nitrogen and oxygen atoms in total. The van der Waals surface area contributed by atoms with Crippen LogP contribution in [-0.2, 0) is 0 Å². The maximum absolute atomic E-state index is 11.9. The second-order valence-electron chi connectivity index (χ2n) is 3.65. The number of aryl methyl sites for hydroxylation is 1. The topological polar surface area (TPSA) is 85.1 Å². The van der Waals surface area contributed by atoms with Gasteiger partial charge in [0.25, 0.3) is 11.8 Å². The highest BCUT2D eigenvalue weighted by Gasteiger charge is 2.14. The molecule has 2 aromatic heterocycles. The van der Waals surface area contributed by atoms with E-state index in [0.717, 1.165) is 5.69 Å². The fourth-order valence-electron chi connectivity index (χ4n) is 1.44. The van der Waals surface area contributed by atoms with Gasteiger partial charge in [0.05, 0.1) is 5.56 Å². The van der Waals surface area contributed by atoms with E-state index in [2.05, 4.69) is 10.3 Å². The summed E-state index contributed by atoms with van der Waals surface area (Å²) in [6.45, 7) is 1.80. The number of carbonyl (C=O) groups excluding carboxylic acids is 2. The molecule has 18 heavy (non-hydrogen) atoms. The zero-order chi connectivity index (χ0) is 13.1. The SMILES string of the molecule is Cc1cccc(C(=O)Nc2sccc2C(N)=O)n1. The summed E-state index contributed by atoms with van der Waals surface area (Å²) in [5.41, 5.74) is 6.56. The van der Waals surface area contributed by atoms with Crippen LogP contribution in [0.15, 0.2) is 29.6 Å². The molecule has 6 heteroatoms. The molecule has 0 aromatic carbocycles. The van der Waals surface area contributed by atoms with Crippen molar-refractivity contribution in [2.24, 2.45) is 5.73 Å². The average molecular weight is 261 g/mol. The lowest BCUT2D eigenvalue weighted by molar-refractivity contribution is 0.100. The molecule has 2 amide bonds. The zero-order valence-electron chi connectivity index (χ0n) is 9.64. The second kappa shape index (κ2) is 4.97. The molecule has 0 saturated heterocycles. The van der Waals surface area contributed by atoms with Crippen LogP contribution in [0, 0.1) is 6.92 Å². The smallest absolute Gasteiger partial charge is 0.274 e. The third kappa shape index (κ3) is 2.54. The van der Waals surface area contributed by atoms with E-state index in [1.165, 1.54) is 11.3 Å². The van der Waals surface area contributed by atoms with Crippen LogP contribution < -0.4 is 11.1 Å². The number of hydrogen-bond donors (Lipinski definition) is 2. The Hall–Kier alpha value is -2.21. The van der Waals surface area contributed by atoms with Crippen LogP contribution in [-0.4, -0.2) is 16.8 Å². The number of nitrogens with zero attached hydrogens (tertiary/aromatic N) is 1. The number of amides is 2. The largest absolute Gasteiger partial charge is 0.366 e. The molecule has 0 aliphatic heterocycles. The van der Waals surface area contributed by atoms with E-state index in [1.54, 1.807) is 36.6 Å². The Morgan fingerprint density at radius 3 is 2.78 bits per heavy atom. The number of primary amides is 1. The lowest BCUT2D eigenvalue weighted by Crippen LogP contribution is -2.17. The molecule has 0 bridgehead atoms. The number of carbonyl (C=O) groups is 2. The van der Waals surface area contributed by atoms with Gasteiger partial charge >= 0.3 is 0 Å². The summed E-state index contributed by atoms with van der Waals surface area (Å²) in [5, 5.41) is 4.77. The van der Waals surface area contributed by atoms with Gasteiger partial charge in [0, 0.05) is 5.69 Å². The summed E-state index contributed by atoms with van der Waals surface area (Å²) in [7, 11) is 0. The predicted molar refractivity (Wildman–Crippen MR) is 69.8 cm³/mol. The van der Waals surface area contributed by atoms with E-state index in [9.17, 15) is 9.59 Å². The van der Waals surface area contributed by atoms with Gasteiger partial charge in [0.15, 0.2) is 0 Å². The van der Waals surface area contributed by atoms with Crippen LogP contribution in [0.25, 0.3) is 0 Å². The van der Waals surface area contributed by atoms with Crippen molar-refractivity contribution in [1.29, 1.82) is 0 Å². The van der Waals surface area contributed by atoms with E-state index in [1.807, 2.05) is 0 Å². The Labute approximate surface area is 108 Å². The number of rotatable bonds is 3. The number of pyridine rings is 1. The summed E-state index contributed by atoms with van der Waals surface area (Å²) < 4.78 is 0. The Kier molecular flexibility index (Phi) is 3.38. The van der Waals surface area contributed by atoms with Gasteiger partial charge in [-0.05, 0) is 30.5 Å². The highest BCUT2D eigenvalue weighted by Crippen LogP contribution is 2.23. The fourth-order valence-corrected chi connectivity index (χ4v) is 2.22. The summed E-state index contributed by atoms with van der Waals surface area (Å²) >= 11 is 1.24. The molecule has 0 fully saturated rings. The van der Waals surface area contributed by atoms with Gasteiger partial charge in [-0.1, -0.05) is 6.07 Å². The van der Waals surface area contributed by atoms with Gasteiger partial charge in [-0.3, -0.25) is 9.59 Å². The molecule has 0 atom stereocenters. The van der Waals surface area contributed by atoms with Crippen molar-refractivity contribution in [2.75, 3.05) is 5.32 Å². The molecule has 0 aliphatic carbocycles.